The van der Waals surface area contributed by atoms with Gasteiger partial charge >= 0.3 is 0 Å². The Labute approximate surface area is 133 Å². The Morgan fingerprint density at radius 2 is 1.68 bits per heavy atom. The Balaban J connectivity index is 1.79. The van der Waals surface area contributed by atoms with Crippen LogP contribution in [0.4, 0.5) is 17.3 Å². The fourth-order valence-corrected chi connectivity index (χ4v) is 2.34. The van der Waals surface area contributed by atoms with Crippen molar-refractivity contribution in [2.24, 2.45) is 0 Å². The van der Waals surface area contributed by atoms with Gasteiger partial charge in [-0.1, -0.05) is 50.8 Å². The van der Waals surface area contributed by atoms with Gasteiger partial charge in [0.05, 0.1) is 12.4 Å². The normalized spacial score (nSPS) is 11.9. The average molecular weight is 298 g/mol. The lowest BCUT2D eigenvalue weighted by molar-refractivity contribution is 0.593. The smallest absolute Gasteiger partial charge is 0.149 e. The summed E-state index contributed by atoms with van der Waals surface area (Å²) in [5.74, 6) is 1.59. The summed E-state index contributed by atoms with van der Waals surface area (Å²) in [6.07, 6.45) is 9.91. The maximum absolute atomic E-state index is 4.42. The van der Waals surface area contributed by atoms with Gasteiger partial charge in [-0.25, -0.2) is 9.97 Å². The molecular weight excluding hydrogens is 272 g/mol. The highest BCUT2D eigenvalue weighted by Crippen LogP contribution is 2.15. The van der Waals surface area contributed by atoms with Gasteiger partial charge < -0.3 is 10.6 Å². The molecule has 0 bridgehead atoms. The molecule has 0 amide bonds. The summed E-state index contributed by atoms with van der Waals surface area (Å²) in [5, 5.41) is 6.64. The van der Waals surface area contributed by atoms with E-state index in [1.165, 1.54) is 32.1 Å². The summed E-state index contributed by atoms with van der Waals surface area (Å²) in [5.41, 5.74) is 1.02. The van der Waals surface area contributed by atoms with E-state index in [2.05, 4.69) is 34.4 Å². The van der Waals surface area contributed by atoms with E-state index in [1.54, 1.807) is 12.4 Å². The second kappa shape index (κ2) is 9.03. The summed E-state index contributed by atoms with van der Waals surface area (Å²) >= 11 is 0. The van der Waals surface area contributed by atoms with E-state index in [0.29, 0.717) is 6.04 Å². The predicted octanol–water partition coefficient (Wildman–Crippen LogP) is 4.99. The molecule has 0 aliphatic rings. The van der Waals surface area contributed by atoms with Gasteiger partial charge in [0.1, 0.15) is 11.6 Å². The average Bonchev–Trinajstić information content (AvgIpc) is 2.54. The quantitative estimate of drug-likeness (QED) is 0.640. The topological polar surface area (TPSA) is 49.8 Å². The minimum atomic E-state index is 0.430. The van der Waals surface area contributed by atoms with E-state index in [0.717, 1.165) is 17.3 Å². The third kappa shape index (κ3) is 5.72. The molecule has 1 atom stereocenters. The molecule has 1 aromatic carbocycles. The van der Waals surface area contributed by atoms with Crippen LogP contribution in [0.25, 0.3) is 0 Å². The fraction of sp³-hybridized carbons (Fsp3) is 0.444. The van der Waals surface area contributed by atoms with Gasteiger partial charge in [0.15, 0.2) is 0 Å². The van der Waals surface area contributed by atoms with Crippen molar-refractivity contribution in [1.29, 1.82) is 0 Å². The van der Waals surface area contributed by atoms with E-state index in [9.17, 15) is 0 Å². The molecule has 0 fully saturated rings. The van der Waals surface area contributed by atoms with Crippen LogP contribution < -0.4 is 10.6 Å². The number of nitrogens with zero attached hydrogens (tertiary/aromatic N) is 2. The highest BCUT2D eigenvalue weighted by atomic mass is 15.1. The van der Waals surface area contributed by atoms with E-state index in [4.69, 9.17) is 0 Å². The molecule has 2 N–H and O–H groups in total. The van der Waals surface area contributed by atoms with Gasteiger partial charge in [-0.15, -0.1) is 0 Å². The van der Waals surface area contributed by atoms with Crippen molar-refractivity contribution < 1.29 is 0 Å². The second-order valence-electron chi connectivity index (χ2n) is 5.67. The number of hydrogen-bond donors (Lipinski definition) is 2. The van der Waals surface area contributed by atoms with Gasteiger partial charge in [0, 0.05) is 11.7 Å². The van der Waals surface area contributed by atoms with Gasteiger partial charge in [0.2, 0.25) is 0 Å². The molecule has 1 unspecified atom stereocenters. The molecule has 0 spiro atoms. The molecule has 1 aromatic heterocycles. The highest BCUT2D eigenvalue weighted by molar-refractivity contribution is 5.55. The van der Waals surface area contributed by atoms with E-state index in [-0.39, 0.29) is 0 Å². The Morgan fingerprint density at radius 1 is 0.955 bits per heavy atom. The standard InChI is InChI=1S/C18H26N4/c1-3-4-5-7-10-15(2)21-17-13-20-18(14-19-17)22-16-11-8-6-9-12-16/h6,8-9,11-15H,3-5,7,10H2,1-2H3,(H,19,21)(H,20,22). The molecule has 0 aliphatic heterocycles. The van der Waals surface area contributed by atoms with Gasteiger partial charge in [-0.3, -0.25) is 0 Å². The first-order valence-electron chi connectivity index (χ1n) is 8.18. The van der Waals surface area contributed by atoms with Gasteiger partial charge in [0.25, 0.3) is 0 Å². The van der Waals surface area contributed by atoms with Crippen molar-refractivity contribution in [3.8, 4) is 0 Å². The Morgan fingerprint density at radius 3 is 2.36 bits per heavy atom. The molecule has 1 heterocycles. The fourth-order valence-electron chi connectivity index (χ4n) is 2.34. The summed E-state index contributed by atoms with van der Waals surface area (Å²) in [6, 6.07) is 10.4. The third-order valence-electron chi connectivity index (χ3n) is 3.58. The maximum Gasteiger partial charge on any atom is 0.149 e. The van der Waals surface area contributed by atoms with Crippen LogP contribution in [0, 0.1) is 0 Å². The first-order valence-corrected chi connectivity index (χ1v) is 8.18. The van der Waals surface area contributed by atoms with Gasteiger partial charge in [-0.05, 0) is 25.5 Å². The summed E-state index contributed by atoms with van der Waals surface area (Å²) in [4.78, 5) is 8.82. The number of unbranched alkanes of at least 4 members (excludes halogenated alkanes) is 3. The zero-order chi connectivity index (χ0) is 15.6. The van der Waals surface area contributed by atoms with Crippen molar-refractivity contribution in [1.82, 2.24) is 9.97 Å². The molecule has 0 saturated heterocycles. The number of para-hydroxylation sites is 1. The molecule has 118 valence electrons. The first-order chi connectivity index (χ1) is 10.8. The summed E-state index contributed by atoms with van der Waals surface area (Å²) in [6.45, 7) is 4.44. The van der Waals surface area contributed by atoms with E-state index in [1.807, 2.05) is 30.3 Å². The lowest BCUT2D eigenvalue weighted by Gasteiger charge is -2.14. The first kappa shape index (κ1) is 16.3. The summed E-state index contributed by atoms with van der Waals surface area (Å²) < 4.78 is 0. The summed E-state index contributed by atoms with van der Waals surface area (Å²) in [7, 11) is 0. The molecule has 0 saturated carbocycles. The van der Waals surface area contributed by atoms with Crippen molar-refractivity contribution >= 4 is 17.3 Å². The zero-order valence-corrected chi connectivity index (χ0v) is 13.5. The molecule has 4 nitrogen and oxygen atoms in total. The minimum absolute atomic E-state index is 0.430. The number of benzene rings is 1. The van der Waals surface area contributed by atoms with Crippen LogP contribution >= 0.6 is 0 Å². The molecule has 2 aromatic rings. The molecule has 0 radical (unpaired) electrons. The van der Waals surface area contributed by atoms with Crippen molar-refractivity contribution in [3.63, 3.8) is 0 Å². The maximum atomic E-state index is 4.42. The third-order valence-corrected chi connectivity index (χ3v) is 3.58. The van der Waals surface area contributed by atoms with Crippen LogP contribution in [0.3, 0.4) is 0 Å². The lowest BCUT2D eigenvalue weighted by atomic mass is 10.1. The van der Waals surface area contributed by atoms with Crippen LogP contribution in [0.5, 0.6) is 0 Å². The molecule has 2 rings (SSSR count). The second-order valence-corrected chi connectivity index (χ2v) is 5.67. The number of nitrogens with one attached hydrogen (secondary N) is 2. The Bertz CT molecular complexity index is 525. The number of hydrogen-bond acceptors (Lipinski definition) is 4. The van der Waals surface area contributed by atoms with Crippen LogP contribution in [-0.2, 0) is 0 Å². The monoisotopic (exact) mass is 298 g/mol. The van der Waals surface area contributed by atoms with Crippen LogP contribution in [0.2, 0.25) is 0 Å². The van der Waals surface area contributed by atoms with E-state index < -0.39 is 0 Å². The number of rotatable bonds is 9. The van der Waals surface area contributed by atoms with Crippen LogP contribution in [0.15, 0.2) is 42.7 Å². The number of aromatic nitrogens is 2. The largest absolute Gasteiger partial charge is 0.366 e. The minimum Gasteiger partial charge on any atom is -0.366 e. The van der Waals surface area contributed by atoms with Crippen molar-refractivity contribution in [2.45, 2.75) is 52.0 Å². The SMILES string of the molecule is CCCCCCC(C)Nc1cnc(Nc2ccccc2)cn1. The number of anilines is 3. The molecule has 22 heavy (non-hydrogen) atoms. The predicted molar refractivity (Wildman–Crippen MR) is 93.6 cm³/mol. The Kier molecular flexibility index (Phi) is 6.68. The lowest BCUT2D eigenvalue weighted by Crippen LogP contribution is -2.16. The van der Waals surface area contributed by atoms with E-state index >= 15 is 0 Å². The zero-order valence-electron chi connectivity index (χ0n) is 13.5. The van der Waals surface area contributed by atoms with Gasteiger partial charge in [-0.2, -0.15) is 0 Å². The molecule has 0 aliphatic carbocycles. The van der Waals surface area contributed by atoms with Crippen LogP contribution in [0.1, 0.15) is 46.0 Å². The van der Waals surface area contributed by atoms with Crippen molar-refractivity contribution in [2.75, 3.05) is 10.6 Å². The molecular formula is C18H26N4. The molecule has 4 heteroatoms. The van der Waals surface area contributed by atoms with Crippen LogP contribution in [-0.4, -0.2) is 16.0 Å². The highest BCUT2D eigenvalue weighted by Gasteiger charge is 2.04. The van der Waals surface area contributed by atoms with Crippen molar-refractivity contribution in [3.05, 3.63) is 42.7 Å². The Hall–Kier alpha value is -2.10.